The quantitative estimate of drug-likeness (QED) is 0.0770. The first kappa shape index (κ1) is 48.7. The smallest absolute Gasteiger partial charge is 0.325 e. The number of ether oxygens (including phenoxy) is 2. The van der Waals surface area contributed by atoms with E-state index in [9.17, 15) is 28.8 Å². The molecule has 0 aliphatic carbocycles. The number of likely N-dealkylation sites (N-methyl/N-ethyl adjacent to an activating group) is 4. The van der Waals surface area contributed by atoms with Crippen LogP contribution in [0.15, 0.2) is 43.0 Å². The summed E-state index contributed by atoms with van der Waals surface area (Å²) >= 11 is 0. The Bertz CT molecular complexity index is 1390. The molecule has 5 amide bonds. The number of nitrogens with one attached hydrogen (secondary N) is 3. The Morgan fingerprint density at radius 3 is 1.93 bits per heavy atom. The number of carbonyl (C=O) groups excluding carboxylic acids is 6. The molecule has 14 heteroatoms. The third-order valence-electron chi connectivity index (χ3n) is 9.34. The van der Waals surface area contributed by atoms with Gasteiger partial charge < -0.3 is 40.1 Å². The van der Waals surface area contributed by atoms with Crippen molar-refractivity contribution in [3.8, 4) is 0 Å². The second-order valence-electron chi connectivity index (χ2n) is 15.0. The molecule has 6 atom stereocenters. The van der Waals surface area contributed by atoms with E-state index >= 15 is 0 Å². The van der Waals surface area contributed by atoms with Crippen LogP contribution in [0, 0.1) is 11.8 Å². The van der Waals surface area contributed by atoms with Crippen LogP contribution >= 0.6 is 0 Å². The monoisotopic (exact) mass is 773 g/mol. The summed E-state index contributed by atoms with van der Waals surface area (Å²) in [5.41, 5.74) is 0.841. The second kappa shape index (κ2) is 25.0. The van der Waals surface area contributed by atoms with Crippen LogP contribution in [0.1, 0.15) is 79.7 Å². The van der Waals surface area contributed by atoms with E-state index in [0.717, 1.165) is 18.4 Å². The Balaban J connectivity index is 3.49. The van der Waals surface area contributed by atoms with Crippen molar-refractivity contribution in [1.29, 1.82) is 0 Å². The number of benzene rings is 1. The van der Waals surface area contributed by atoms with Crippen LogP contribution < -0.4 is 16.0 Å². The van der Waals surface area contributed by atoms with Gasteiger partial charge in [0.1, 0.15) is 37.3 Å². The summed E-state index contributed by atoms with van der Waals surface area (Å²) < 4.78 is 11.0. The second-order valence-corrected chi connectivity index (χ2v) is 15.0. The zero-order valence-electron chi connectivity index (χ0n) is 35.1. The molecule has 0 fully saturated rings. The number of carbonyl (C=O) groups is 6. The van der Waals surface area contributed by atoms with E-state index in [1.165, 1.54) is 34.9 Å². The number of nitrogens with zero attached hydrogens (tertiary/aromatic N) is 3. The van der Waals surface area contributed by atoms with Gasteiger partial charge in [-0.25, -0.2) is 0 Å². The topological polar surface area (TPSA) is 167 Å². The molecule has 1 aromatic carbocycles. The van der Waals surface area contributed by atoms with E-state index in [4.69, 9.17) is 9.47 Å². The van der Waals surface area contributed by atoms with Crippen molar-refractivity contribution in [3.63, 3.8) is 0 Å². The van der Waals surface area contributed by atoms with Crippen LogP contribution in [0.2, 0.25) is 0 Å². The van der Waals surface area contributed by atoms with Gasteiger partial charge in [0.25, 0.3) is 0 Å². The lowest BCUT2D eigenvalue weighted by Crippen LogP contribution is -2.61. The highest BCUT2D eigenvalue weighted by molar-refractivity contribution is 5.96. The fourth-order valence-corrected chi connectivity index (χ4v) is 5.92. The lowest BCUT2D eigenvalue weighted by atomic mass is 9.97. The molecule has 0 radical (unpaired) electrons. The molecule has 55 heavy (non-hydrogen) atoms. The summed E-state index contributed by atoms with van der Waals surface area (Å²) in [4.78, 5) is 86.0. The highest BCUT2D eigenvalue weighted by Gasteiger charge is 2.38. The first-order valence-corrected chi connectivity index (χ1v) is 19.4. The Hall–Kier alpha value is -4.30. The number of rotatable bonds is 25. The van der Waals surface area contributed by atoms with Gasteiger partial charge in [-0.2, -0.15) is 0 Å². The average molecular weight is 773 g/mol. The first-order chi connectivity index (χ1) is 25.9. The number of unbranched alkanes of at least 4 members (excludes halogenated alkanes) is 1. The summed E-state index contributed by atoms with van der Waals surface area (Å²) in [6.45, 7) is 16.6. The Kier molecular flexibility index (Phi) is 22.1. The molecule has 0 aromatic heterocycles. The molecule has 14 nitrogen and oxygen atoms in total. The van der Waals surface area contributed by atoms with Crippen LogP contribution in [0.3, 0.4) is 0 Å². The van der Waals surface area contributed by atoms with E-state index in [2.05, 4.69) is 22.5 Å². The van der Waals surface area contributed by atoms with Crippen molar-refractivity contribution >= 4 is 35.5 Å². The summed E-state index contributed by atoms with van der Waals surface area (Å²) in [6.07, 6.45) is 2.99. The molecule has 0 heterocycles. The van der Waals surface area contributed by atoms with Crippen molar-refractivity contribution in [2.75, 3.05) is 47.9 Å². The number of amides is 5. The molecule has 1 aromatic rings. The molecule has 0 aliphatic heterocycles. The van der Waals surface area contributed by atoms with Crippen LogP contribution in [0.5, 0.6) is 0 Å². The number of hydrogen-bond donors (Lipinski definition) is 3. The van der Waals surface area contributed by atoms with Gasteiger partial charge in [0.2, 0.25) is 29.5 Å². The molecule has 310 valence electrons. The zero-order chi connectivity index (χ0) is 41.8. The van der Waals surface area contributed by atoms with Gasteiger partial charge in [-0.05, 0) is 57.6 Å². The van der Waals surface area contributed by atoms with Gasteiger partial charge in [-0.1, -0.05) is 84.0 Å². The highest BCUT2D eigenvalue weighted by atomic mass is 16.5. The molecule has 3 N–H and O–H groups in total. The van der Waals surface area contributed by atoms with Crippen LogP contribution in [0.4, 0.5) is 0 Å². The minimum absolute atomic E-state index is 0.00882. The van der Waals surface area contributed by atoms with E-state index in [-0.39, 0.29) is 50.2 Å². The van der Waals surface area contributed by atoms with Gasteiger partial charge in [-0.15, -0.1) is 0 Å². The molecular weight excluding hydrogens is 704 g/mol. The Labute approximate surface area is 329 Å². The van der Waals surface area contributed by atoms with Gasteiger partial charge in [0.15, 0.2) is 0 Å². The SMILES string of the molecule is C=CCOC(=O)CN(C)C(=O)[C@@H](NC(=O)[C@H](CC(C)C)N(C)C(=O)[C@H](CC(C)C)NC(=O)[C@@H](Cc1ccccc1)N(C)C(=O)[C@H](C)NC)[C@@H](C)OCCCC. The molecular formula is C41H68N6O8. The largest absolute Gasteiger partial charge is 0.460 e. The highest BCUT2D eigenvalue weighted by Crippen LogP contribution is 2.18. The normalized spacial score (nSPS) is 14.5. The summed E-state index contributed by atoms with van der Waals surface area (Å²) in [7, 11) is 6.19. The Morgan fingerprint density at radius 2 is 1.38 bits per heavy atom. The van der Waals surface area contributed by atoms with Crippen molar-refractivity contribution in [2.45, 2.75) is 117 Å². The van der Waals surface area contributed by atoms with E-state index in [1.807, 2.05) is 65.0 Å². The first-order valence-electron chi connectivity index (χ1n) is 19.4. The lowest BCUT2D eigenvalue weighted by molar-refractivity contribution is -0.150. The maximum Gasteiger partial charge on any atom is 0.325 e. The fourth-order valence-electron chi connectivity index (χ4n) is 5.92. The third kappa shape index (κ3) is 16.5. The minimum atomic E-state index is -1.18. The van der Waals surface area contributed by atoms with E-state index < -0.39 is 65.9 Å². The fraction of sp³-hybridized carbons (Fsp3) is 0.659. The lowest BCUT2D eigenvalue weighted by Gasteiger charge is -2.35. The maximum absolute atomic E-state index is 14.4. The molecule has 0 bridgehead atoms. The molecule has 1 rings (SSSR count). The average Bonchev–Trinajstić information content (AvgIpc) is 3.15. The van der Waals surface area contributed by atoms with Crippen molar-refractivity contribution < 1.29 is 38.2 Å². The molecule has 0 spiro atoms. The van der Waals surface area contributed by atoms with E-state index in [0.29, 0.717) is 6.61 Å². The maximum atomic E-state index is 14.4. The van der Waals surface area contributed by atoms with Gasteiger partial charge in [0, 0.05) is 34.2 Å². The summed E-state index contributed by atoms with van der Waals surface area (Å²) in [5.74, 6) is -3.12. The molecule has 0 saturated carbocycles. The standard InChI is InChI=1S/C41H68N6O8/c1-13-15-22-54-30(8)36(41(53)45(10)26-35(48)55-21-14-2)44-38(50)33(24-28(5)6)47(12)40(52)32(23-27(3)4)43-37(49)34(25-31-19-17-16-18-20-31)46(11)39(51)29(7)42-9/h14,16-20,27-30,32-34,36,42H,2,13,15,21-26H2,1,3-12H3,(H,43,49)(H,44,50)/t29-,30+,32-,33-,34+,36-/m0/s1. The molecule has 0 saturated heterocycles. The molecule has 0 unspecified atom stereocenters. The van der Waals surface area contributed by atoms with E-state index in [1.54, 1.807) is 27.9 Å². The van der Waals surface area contributed by atoms with Crippen molar-refractivity contribution in [2.24, 2.45) is 11.8 Å². The zero-order valence-corrected chi connectivity index (χ0v) is 35.1. The number of esters is 1. The summed E-state index contributed by atoms with van der Waals surface area (Å²) in [5, 5.41) is 8.70. The number of hydrogen-bond acceptors (Lipinski definition) is 9. The van der Waals surface area contributed by atoms with Crippen LogP contribution in [-0.2, 0) is 44.7 Å². The minimum Gasteiger partial charge on any atom is -0.460 e. The predicted molar refractivity (Wildman–Crippen MR) is 214 cm³/mol. The van der Waals surface area contributed by atoms with Gasteiger partial charge in [0.05, 0.1) is 12.1 Å². The van der Waals surface area contributed by atoms with Crippen LogP contribution in [0.25, 0.3) is 0 Å². The van der Waals surface area contributed by atoms with Crippen molar-refractivity contribution in [1.82, 2.24) is 30.7 Å². The summed E-state index contributed by atoms with van der Waals surface area (Å²) in [6, 6.07) is 4.62. The van der Waals surface area contributed by atoms with Gasteiger partial charge in [-0.3, -0.25) is 28.8 Å². The predicted octanol–water partition coefficient (Wildman–Crippen LogP) is 2.95. The van der Waals surface area contributed by atoms with Crippen LogP contribution in [-0.4, -0.2) is 134 Å². The Morgan fingerprint density at radius 1 is 0.800 bits per heavy atom. The van der Waals surface area contributed by atoms with Gasteiger partial charge >= 0.3 is 5.97 Å². The molecule has 0 aliphatic rings. The third-order valence-corrected chi connectivity index (χ3v) is 9.34. The van der Waals surface area contributed by atoms with Crippen molar-refractivity contribution in [3.05, 3.63) is 48.6 Å².